The molecule has 4 nitrogen and oxygen atoms in total. The number of nitrogens with two attached hydrogens (primary N) is 2. The molecule has 0 atom stereocenters. The molecule has 4 N–H and O–H groups in total. The Labute approximate surface area is 101 Å². The van der Waals surface area contributed by atoms with Crippen LogP contribution in [0.4, 0.5) is 0 Å². The summed E-state index contributed by atoms with van der Waals surface area (Å²) in [6.45, 7) is 0. The van der Waals surface area contributed by atoms with E-state index in [2.05, 4.69) is 0 Å². The van der Waals surface area contributed by atoms with Gasteiger partial charge in [-0.2, -0.15) is 17.5 Å². The zero-order valence-corrected chi connectivity index (χ0v) is 11.3. The first-order chi connectivity index (χ1) is 6.64. The fourth-order valence-electron chi connectivity index (χ4n) is 1.61. The van der Waals surface area contributed by atoms with Gasteiger partial charge in [-0.3, -0.25) is 0 Å². The Morgan fingerprint density at radius 3 is 2.47 bits per heavy atom. The molecule has 1 saturated carbocycles. The molecular formula is C10H11N2O2Zn-. The van der Waals surface area contributed by atoms with Crippen LogP contribution in [0.2, 0.25) is 0 Å². The van der Waals surface area contributed by atoms with Gasteiger partial charge in [0, 0.05) is 19.5 Å². The molecule has 0 unspecified atom stereocenters. The molecule has 2 aliphatic rings. The van der Waals surface area contributed by atoms with Crippen molar-refractivity contribution in [3.05, 3.63) is 29.7 Å². The fourth-order valence-corrected chi connectivity index (χ4v) is 1.61. The van der Waals surface area contributed by atoms with Gasteiger partial charge >= 0.3 is 6.03 Å². The summed E-state index contributed by atoms with van der Waals surface area (Å²) in [5, 5.41) is 0. The SMILES string of the molecule is NC1(N)Oc2ccc([C-]3CC3)cc2O1.[Zn]. The van der Waals surface area contributed by atoms with Crippen molar-refractivity contribution in [2.45, 2.75) is 18.9 Å². The van der Waals surface area contributed by atoms with Gasteiger partial charge in [-0.1, -0.05) is 18.9 Å². The molecule has 1 aromatic carbocycles. The Morgan fingerprint density at radius 1 is 1.13 bits per heavy atom. The van der Waals surface area contributed by atoms with Gasteiger partial charge in [0.1, 0.15) is 11.5 Å². The minimum absolute atomic E-state index is 0. The summed E-state index contributed by atoms with van der Waals surface area (Å²) in [7, 11) is 0. The molecule has 0 radical (unpaired) electrons. The van der Waals surface area contributed by atoms with Gasteiger partial charge in [0.15, 0.2) is 0 Å². The Balaban J connectivity index is 0.000000853. The van der Waals surface area contributed by atoms with Gasteiger partial charge in [-0.25, -0.2) is 11.5 Å². The van der Waals surface area contributed by atoms with Crippen LogP contribution in [0.25, 0.3) is 0 Å². The van der Waals surface area contributed by atoms with E-state index in [-0.39, 0.29) is 19.5 Å². The van der Waals surface area contributed by atoms with E-state index in [9.17, 15) is 0 Å². The minimum atomic E-state index is -1.50. The van der Waals surface area contributed by atoms with Crippen LogP contribution in [0, 0.1) is 5.92 Å². The molecule has 1 fully saturated rings. The second-order valence-corrected chi connectivity index (χ2v) is 3.69. The van der Waals surface area contributed by atoms with Crippen molar-refractivity contribution < 1.29 is 29.0 Å². The smallest absolute Gasteiger partial charge is 0.375 e. The van der Waals surface area contributed by atoms with Crippen LogP contribution in [0.1, 0.15) is 18.4 Å². The Kier molecular flexibility index (Phi) is 2.41. The largest absolute Gasteiger partial charge is 0.437 e. The quantitative estimate of drug-likeness (QED) is 0.441. The van der Waals surface area contributed by atoms with E-state index in [1.165, 1.54) is 24.3 Å². The van der Waals surface area contributed by atoms with Crippen LogP contribution in [0.3, 0.4) is 0 Å². The van der Waals surface area contributed by atoms with Crippen LogP contribution in [0.5, 0.6) is 11.5 Å². The molecule has 76 valence electrons. The van der Waals surface area contributed by atoms with E-state index >= 15 is 0 Å². The van der Waals surface area contributed by atoms with Crippen molar-refractivity contribution in [2.24, 2.45) is 11.5 Å². The first-order valence-electron chi connectivity index (χ1n) is 4.59. The van der Waals surface area contributed by atoms with Crippen LogP contribution in [-0.2, 0) is 19.5 Å². The predicted octanol–water partition coefficient (Wildman–Crippen LogP) is 0.700. The maximum absolute atomic E-state index is 5.50. The maximum atomic E-state index is 5.50. The average Bonchev–Trinajstić information content (AvgIpc) is 2.86. The van der Waals surface area contributed by atoms with E-state index in [1.807, 2.05) is 18.2 Å². The molecule has 0 aromatic heterocycles. The summed E-state index contributed by atoms with van der Waals surface area (Å²) in [4.78, 5) is 0. The van der Waals surface area contributed by atoms with Gasteiger partial charge < -0.3 is 9.47 Å². The van der Waals surface area contributed by atoms with Crippen LogP contribution in [0.15, 0.2) is 18.2 Å². The van der Waals surface area contributed by atoms with Gasteiger partial charge in [-0.05, 0) is 0 Å². The standard InChI is InChI=1S/C10H11N2O2.Zn/c11-10(12)13-8-4-3-7(6-1-2-6)5-9(8)14-10;/h3-5H,1-2,11-12H2;/q-1;. The molecule has 3 rings (SSSR count). The zero-order valence-electron chi connectivity index (χ0n) is 8.32. The van der Waals surface area contributed by atoms with Gasteiger partial charge in [0.05, 0.1) is 0 Å². The average molecular weight is 257 g/mol. The number of rotatable bonds is 1. The van der Waals surface area contributed by atoms with E-state index in [1.54, 1.807) is 0 Å². The predicted molar refractivity (Wildman–Crippen MR) is 50.4 cm³/mol. The minimum Gasteiger partial charge on any atom is -0.437 e. The second kappa shape index (κ2) is 3.37. The first kappa shape index (κ1) is 10.7. The maximum Gasteiger partial charge on any atom is 0.375 e. The summed E-state index contributed by atoms with van der Waals surface area (Å²) < 4.78 is 10.4. The first-order valence-corrected chi connectivity index (χ1v) is 4.59. The number of benzene rings is 1. The fraction of sp³-hybridized carbons (Fsp3) is 0.300. The molecular weight excluding hydrogens is 246 g/mol. The summed E-state index contributed by atoms with van der Waals surface area (Å²) in [6.07, 6.45) is 2.35. The zero-order chi connectivity index (χ0) is 9.76. The monoisotopic (exact) mass is 255 g/mol. The van der Waals surface area contributed by atoms with Crippen molar-refractivity contribution in [1.82, 2.24) is 0 Å². The summed E-state index contributed by atoms with van der Waals surface area (Å²) in [6, 6.07) is 4.28. The van der Waals surface area contributed by atoms with E-state index in [4.69, 9.17) is 20.9 Å². The molecule has 1 aromatic rings. The van der Waals surface area contributed by atoms with E-state index in [0.29, 0.717) is 11.5 Å². The molecule has 0 spiro atoms. The number of hydrogen-bond donors (Lipinski definition) is 2. The molecule has 5 heteroatoms. The molecule has 0 saturated heterocycles. The number of fused-ring (bicyclic) bond motifs is 1. The summed E-state index contributed by atoms with van der Waals surface area (Å²) >= 11 is 0. The van der Waals surface area contributed by atoms with Crippen molar-refractivity contribution in [1.29, 1.82) is 0 Å². The Hall–Kier alpha value is -0.767. The third-order valence-electron chi connectivity index (χ3n) is 2.39. The van der Waals surface area contributed by atoms with Crippen LogP contribution < -0.4 is 20.9 Å². The van der Waals surface area contributed by atoms with Gasteiger partial charge in [0.2, 0.25) is 0 Å². The molecule has 1 aliphatic heterocycles. The van der Waals surface area contributed by atoms with Crippen molar-refractivity contribution in [2.75, 3.05) is 0 Å². The molecule has 15 heavy (non-hydrogen) atoms. The number of ether oxygens (including phenoxy) is 2. The molecule has 0 bridgehead atoms. The van der Waals surface area contributed by atoms with Crippen molar-refractivity contribution >= 4 is 0 Å². The summed E-state index contributed by atoms with van der Waals surface area (Å²) in [5.41, 5.74) is 12.2. The molecule has 0 amide bonds. The van der Waals surface area contributed by atoms with Crippen molar-refractivity contribution in [3.63, 3.8) is 0 Å². The Bertz CT molecular complexity index is 391. The third-order valence-corrected chi connectivity index (χ3v) is 2.39. The van der Waals surface area contributed by atoms with Crippen molar-refractivity contribution in [3.8, 4) is 11.5 Å². The van der Waals surface area contributed by atoms with Crippen LogP contribution in [-0.4, -0.2) is 6.03 Å². The Morgan fingerprint density at radius 2 is 1.80 bits per heavy atom. The number of hydrogen-bond acceptors (Lipinski definition) is 4. The summed E-state index contributed by atoms with van der Waals surface area (Å²) in [5.74, 6) is 2.69. The second-order valence-electron chi connectivity index (χ2n) is 3.69. The van der Waals surface area contributed by atoms with E-state index < -0.39 is 6.03 Å². The topological polar surface area (TPSA) is 70.5 Å². The normalized spacial score (nSPS) is 19.7. The van der Waals surface area contributed by atoms with Gasteiger partial charge in [-0.15, -0.1) is 6.07 Å². The molecule has 1 heterocycles. The van der Waals surface area contributed by atoms with Crippen LogP contribution >= 0.6 is 0 Å². The molecule has 1 aliphatic carbocycles. The van der Waals surface area contributed by atoms with Gasteiger partial charge in [0.25, 0.3) is 0 Å². The third kappa shape index (κ3) is 1.95. The van der Waals surface area contributed by atoms with E-state index in [0.717, 1.165) is 0 Å².